The van der Waals surface area contributed by atoms with Crippen molar-refractivity contribution in [3.63, 3.8) is 0 Å². The highest BCUT2D eigenvalue weighted by Gasteiger charge is 2.41. The van der Waals surface area contributed by atoms with E-state index in [2.05, 4.69) is 13.8 Å². The second-order valence-electron chi connectivity index (χ2n) is 6.20. The molecule has 0 N–H and O–H groups in total. The van der Waals surface area contributed by atoms with E-state index in [0.29, 0.717) is 31.5 Å². The van der Waals surface area contributed by atoms with Crippen molar-refractivity contribution in [1.82, 2.24) is 4.90 Å². The molecule has 4 heteroatoms. The standard InChI is InChI=1S/C14H24ClNO2/c1-14(2)6-4-3-5-12(14)13(17)16-7-8-18-10-11(16)9-15/h11-12H,3-10H2,1-2H3. The molecule has 1 aliphatic heterocycles. The van der Waals surface area contributed by atoms with Crippen LogP contribution in [0.15, 0.2) is 0 Å². The molecule has 3 nitrogen and oxygen atoms in total. The van der Waals surface area contributed by atoms with Gasteiger partial charge in [0, 0.05) is 18.3 Å². The van der Waals surface area contributed by atoms with E-state index in [1.165, 1.54) is 12.8 Å². The summed E-state index contributed by atoms with van der Waals surface area (Å²) in [5, 5.41) is 0. The Balaban J connectivity index is 2.09. The first-order valence-corrected chi connectivity index (χ1v) is 7.54. The maximum Gasteiger partial charge on any atom is 0.226 e. The summed E-state index contributed by atoms with van der Waals surface area (Å²) in [5.74, 6) is 0.933. The number of halogens is 1. The molecule has 1 saturated heterocycles. The third-order valence-corrected chi connectivity index (χ3v) is 4.85. The lowest BCUT2D eigenvalue weighted by atomic mass is 9.68. The molecule has 2 atom stereocenters. The zero-order valence-electron chi connectivity index (χ0n) is 11.5. The number of carbonyl (C=O) groups excluding carboxylic acids is 1. The van der Waals surface area contributed by atoms with Gasteiger partial charge in [-0.15, -0.1) is 11.6 Å². The van der Waals surface area contributed by atoms with Gasteiger partial charge in [0.05, 0.1) is 19.3 Å². The molecule has 1 heterocycles. The van der Waals surface area contributed by atoms with E-state index in [0.717, 1.165) is 12.8 Å². The monoisotopic (exact) mass is 273 g/mol. The molecule has 0 radical (unpaired) electrons. The fourth-order valence-corrected chi connectivity index (χ4v) is 3.48. The highest BCUT2D eigenvalue weighted by molar-refractivity contribution is 6.18. The zero-order valence-corrected chi connectivity index (χ0v) is 12.2. The zero-order chi connectivity index (χ0) is 13.2. The van der Waals surface area contributed by atoms with E-state index in [9.17, 15) is 4.79 Å². The van der Waals surface area contributed by atoms with Crippen molar-refractivity contribution in [3.8, 4) is 0 Å². The fraction of sp³-hybridized carbons (Fsp3) is 0.929. The van der Waals surface area contributed by atoms with E-state index >= 15 is 0 Å². The van der Waals surface area contributed by atoms with Gasteiger partial charge < -0.3 is 9.64 Å². The van der Waals surface area contributed by atoms with Crippen LogP contribution in [-0.2, 0) is 9.53 Å². The molecule has 0 aromatic carbocycles. The summed E-state index contributed by atoms with van der Waals surface area (Å²) >= 11 is 5.96. The lowest BCUT2D eigenvalue weighted by molar-refractivity contribution is -0.149. The number of ether oxygens (including phenoxy) is 1. The Hall–Kier alpha value is -0.280. The van der Waals surface area contributed by atoms with E-state index in [1.54, 1.807) is 0 Å². The molecule has 2 unspecified atom stereocenters. The quantitative estimate of drug-likeness (QED) is 0.724. The Morgan fingerprint density at radius 1 is 1.44 bits per heavy atom. The van der Waals surface area contributed by atoms with Crippen LogP contribution in [0.4, 0.5) is 0 Å². The highest BCUT2D eigenvalue weighted by Crippen LogP contribution is 2.41. The largest absolute Gasteiger partial charge is 0.377 e. The van der Waals surface area contributed by atoms with Crippen LogP contribution in [0.1, 0.15) is 39.5 Å². The number of rotatable bonds is 2. The summed E-state index contributed by atoms with van der Waals surface area (Å²) < 4.78 is 5.41. The van der Waals surface area contributed by atoms with Crippen LogP contribution in [0.2, 0.25) is 0 Å². The number of alkyl halides is 1. The van der Waals surface area contributed by atoms with Gasteiger partial charge in [-0.05, 0) is 18.3 Å². The van der Waals surface area contributed by atoms with Gasteiger partial charge in [0.25, 0.3) is 0 Å². The molecule has 0 bridgehead atoms. The lowest BCUT2D eigenvalue weighted by Gasteiger charge is -2.43. The number of amides is 1. The number of hydrogen-bond acceptors (Lipinski definition) is 2. The van der Waals surface area contributed by atoms with Crippen molar-refractivity contribution >= 4 is 17.5 Å². The van der Waals surface area contributed by atoms with Gasteiger partial charge >= 0.3 is 0 Å². The number of nitrogens with zero attached hydrogens (tertiary/aromatic N) is 1. The van der Waals surface area contributed by atoms with Gasteiger partial charge in [-0.2, -0.15) is 0 Å². The fourth-order valence-electron chi connectivity index (χ4n) is 3.22. The van der Waals surface area contributed by atoms with Gasteiger partial charge in [-0.1, -0.05) is 26.7 Å². The predicted molar refractivity (Wildman–Crippen MR) is 72.8 cm³/mol. The summed E-state index contributed by atoms with van der Waals surface area (Å²) in [5.41, 5.74) is 0.129. The second kappa shape index (κ2) is 5.79. The van der Waals surface area contributed by atoms with Gasteiger partial charge in [-0.25, -0.2) is 0 Å². The molecule has 2 rings (SSSR count). The van der Waals surface area contributed by atoms with Gasteiger partial charge in [0.2, 0.25) is 5.91 Å². The van der Waals surface area contributed by atoms with Crippen molar-refractivity contribution < 1.29 is 9.53 Å². The van der Waals surface area contributed by atoms with Crippen molar-refractivity contribution in [2.24, 2.45) is 11.3 Å². The number of morpholine rings is 1. The molecule has 1 amide bonds. The van der Waals surface area contributed by atoms with Crippen LogP contribution in [0.5, 0.6) is 0 Å². The smallest absolute Gasteiger partial charge is 0.226 e. The Morgan fingerprint density at radius 3 is 2.89 bits per heavy atom. The van der Waals surface area contributed by atoms with E-state index < -0.39 is 0 Å². The average Bonchev–Trinajstić information content (AvgIpc) is 2.37. The minimum absolute atomic E-state index is 0.0608. The van der Waals surface area contributed by atoms with Crippen LogP contribution in [0.3, 0.4) is 0 Å². The van der Waals surface area contributed by atoms with E-state index in [4.69, 9.17) is 16.3 Å². The SMILES string of the molecule is CC1(C)CCCCC1C(=O)N1CCOCC1CCl. The molecule has 104 valence electrons. The molecule has 0 aromatic rings. The number of carbonyl (C=O) groups is 1. The number of hydrogen-bond donors (Lipinski definition) is 0. The van der Waals surface area contributed by atoms with Crippen molar-refractivity contribution in [2.75, 3.05) is 25.6 Å². The topological polar surface area (TPSA) is 29.5 Å². The maximum atomic E-state index is 12.7. The Bertz CT molecular complexity index is 306. The molecule has 2 aliphatic rings. The van der Waals surface area contributed by atoms with Crippen LogP contribution in [-0.4, -0.2) is 42.5 Å². The Labute approximate surface area is 115 Å². The van der Waals surface area contributed by atoms with Crippen LogP contribution in [0, 0.1) is 11.3 Å². The van der Waals surface area contributed by atoms with Crippen molar-refractivity contribution in [1.29, 1.82) is 0 Å². The summed E-state index contributed by atoms with van der Waals surface area (Å²) in [4.78, 5) is 14.7. The summed E-state index contributed by atoms with van der Waals surface area (Å²) in [6, 6.07) is 0.0608. The third kappa shape index (κ3) is 2.83. The Morgan fingerprint density at radius 2 is 2.22 bits per heavy atom. The van der Waals surface area contributed by atoms with Crippen molar-refractivity contribution in [3.05, 3.63) is 0 Å². The van der Waals surface area contributed by atoms with Crippen LogP contribution in [0.25, 0.3) is 0 Å². The minimum Gasteiger partial charge on any atom is -0.377 e. The van der Waals surface area contributed by atoms with Crippen LogP contribution >= 0.6 is 11.6 Å². The highest BCUT2D eigenvalue weighted by atomic mass is 35.5. The van der Waals surface area contributed by atoms with E-state index in [1.807, 2.05) is 4.90 Å². The molecule has 0 aromatic heterocycles. The first-order chi connectivity index (χ1) is 8.56. The summed E-state index contributed by atoms with van der Waals surface area (Å²) in [7, 11) is 0. The molecular formula is C14H24ClNO2. The second-order valence-corrected chi connectivity index (χ2v) is 6.51. The molecule has 18 heavy (non-hydrogen) atoms. The minimum atomic E-state index is 0.0608. The van der Waals surface area contributed by atoms with Gasteiger partial charge in [0.1, 0.15) is 0 Å². The molecule has 1 saturated carbocycles. The molecule has 2 fully saturated rings. The lowest BCUT2D eigenvalue weighted by Crippen LogP contribution is -2.54. The van der Waals surface area contributed by atoms with Gasteiger partial charge in [-0.3, -0.25) is 4.79 Å². The average molecular weight is 274 g/mol. The first kappa shape index (κ1) is 14.1. The van der Waals surface area contributed by atoms with Crippen LogP contribution < -0.4 is 0 Å². The summed E-state index contributed by atoms with van der Waals surface area (Å²) in [6.07, 6.45) is 4.60. The van der Waals surface area contributed by atoms with Crippen molar-refractivity contribution in [2.45, 2.75) is 45.6 Å². The third-order valence-electron chi connectivity index (χ3n) is 4.49. The maximum absolute atomic E-state index is 12.7. The predicted octanol–water partition coefficient (Wildman–Crippen LogP) is 2.67. The molecule has 1 aliphatic carbocycles. The first-order valence-electron chi connectivity index (χ1n) is 7.00. The Kier molecular flexibility index (Phi) is 4.54. The normalized spacial score (nSPS) is 32.3. The molecular weight excluding hydrogens is 250 g/mol. The van der Waals surface area contributed by atoms with Gasteiger partial charge in [0.15, 0.2) is 0 Å². The molecule has 0 spiro atoms. The van der Waals surface area contributed by atoms with E-state index in [-0.39, 0.29) is 17.4 Å². The summed E-state index contributed by atoms with van der Waals surface area (Å²) in [6.45, 7) is 6.38.